The van der Waals surface area contributed by atoms with Gasteiger partial charge in [0.1, 0.15) is 24.8 Å². The van der Waals surface area contributed by atoms with Gasteiger partial charge in [-0.25, -0.2) is 13.9 Å². The number of imide groups is 1. The zero-order chi connectivity index (χ0) is 19.0. The smallest absolute Gasteiger partial charge is 1.00 e. The summed E-state index contributed by atoms with van der Waals surface area (Å²) in [5, 5.41) is 0. The maximum absolute atomic E-state index is 12.9. The second kappa shape index (κ2) is 8.23. The predicted molar refractivity (Wildman–Crippen MR) is 89.1 cm³/mol. The van der Waals surface area contributed by atoms with Gasteiger partial charge in [0.25, 0.3) is 5.91 Å². The number of carbonyl (C=O) groups is 3. The Hall–Kier alpha value is -1.18. The van der Waals surface area contributed by atoms with Gasteiger partial charge in [0.05, 0.1) is 0 Å². The summed E-state index contributed by atoms with van der Waals surface area (Å²) in [6.07, 6.45) is 0. The zero-order valence-corrected chi connectivity index (χ0v) is 17.2. The average molecular weight is 395 g/mol. The molecule has 0 aliphatic carbocycles. The maximum atomic E-state index is 12.9. The Kier molecular flexibility index (Phi) is 7.24. The zero-order valence-electron chi connectivity index (χ0n) is 15.4. The topological polar surface area (TPSA) is 161 Å². The molecule has 1 fully saturated rings. The van der Waals surface area contributed by atoms with E-state index in [1.165, 1.54) is 19.1 Å². The van der Waals surface area contributed by atoms with Crippen LogP contribution in [0.1, 0.15) is 8.35 Å². The second-order valence-electron chi connectivity index (χ2n) is 5.65. The van der Waals surface area contributed by atoms with Crippen LogP contribution < -0.4 is 45.5 Å². The van der Waals surface area contributed by atoms with Crippen molar-refractivity contribution < 1.29 is 58.3 Å². The van der Waals surface area contributed by atoms with E-state index in [0.717, 1.165) is 0 Å². The molecule has 0 radical (unpaired) electrons. The van der Waals surface area contributed by atoms with Gasteiger partial charge in [-0.2, -0.15) is 12.9 Å². The fraction of sp³-hybridized carbons (Fsp3) is 0.357. The van der Waals surface area contributed by atoms with Crippen molar-refractivity contribution in [3.63, 3.8) is 0 Å². The standard InChI is InChI=1S/C14H18N4O6S.Na.H/c1-9(16)14(21)18(12(19)7-15,10-5-3-2-4-6-10)11-8-17(13(11)20)25(22,23)24;;/h2-6,9,11H,7-8,15-16H2,1H3;;/q;+1;-1/p+1/t9-,11?,18?;;/m1../s1. The first-order chi connectivity index (χ1) is 11.6. The Morgan fingerprint density at radius 3 is 2.31 bits per heavy atom. The fourth-order valence-electron chi connectivity index (χ4n) is 2.90. The van der Waals surface area contributed by atoms with Crippen molar-refractivity contribution in [1.29, 1.82) is 0 Å². The number of hydrogen-bond acceptors (Lipinski definition) is 7. The summed E-state index contributed by atoms with van der Waals surface area (Å²) in [7, 11) is -4.78. The minimum absolute atomic E-state index is 0. The van der Waals surface area contributed by atoms with Crippen LogP contribution in [0.4, 0.5) is 5.69 Å². The van der Waals surface area contributed by atoms with Crippen molar-refractivity contribution in [2.24, 2.45) is 11.5 Å². The molecule has 26 heavy (non-hydrogen) atoms. The van der Waals surface area contributed by atoms with Crippen molar-refractivity contribution >= 4 is 33.7 Å². The molecule has 1 aliphatic rings. The van der Waals surface area contributed by atoms with E-state index in [2.05, 4.69) is 0 Å². The third-order valence-electron chi connectivity index (χ3n) is 4.08. The summed E-state index contributed by atoms with van der Waals surface area (Å²) in [5.41, 5.74) is 11.3. The van der Waals surface area contributed by atoms with E-state index in [0.29, 0.717) is 0 Å². The number of quaternary nitrogens is 1. The maximum Gasteiger partial charge on any atom is 1.00 e. The third-order valence-corrected chi connectivity index (χ3v) is 4.97. The van der Waals surface area contributed by atoms with E-state index in [1.807, 2.05) is 0 Å². The predicted octanol–water partition coefficient (Wildman–Crippen LogP) is -4.52. The Balaban J connectivity index is 0.00000338. The molecule has 2 unspecified atom stereocenters. The number of rotatable bonds is 5. The second-order valence-corrected chi connectivity index (χ2v) is 6.98. The molecule has 0 spiro atoms. The van der Waals surface area contributed by atoms with E-state index < -0.39 is 57.7 Å². The van der Waals surface area contributed by atoms with Crippen LogP contribution in [-0.4, -0.2) is 60.2 Å². The number of amides is 3. The van der Waals surface area contributed by atoms with Gasteiger partial charge in [0.15, 0.2) is 0 Å². The summed E-state index contributed by atoms with van der Waals surface area (Å²) in [6, 6.07) is 5.18. The van der Waals surface area contributed by atoms with E-state index in [9.17, 15) is 22.8 Å². The molecule has 1 heterocycles. The van der Waals surface area contributed by atoms with E-state index >= 15 is 0 Å². The summed E-state index contributed by atoms with van der Waals surface area (Å²) in [4.78, 5) is 38.0. The molecule has 12 heteroatoms. The Morgan fingerprint density at radius 2 is 1.92 bits per heavy atom. The van der Waals surface area contributed by atoms with Crippen molar-refractivity contribution in [3.05, 3.63) is 30.3 Å². The molecule has 10 nitrogen and oxygen atoms in total. The van der Waals surface area contributed by atoms with Crippen LogP contribution in [0, 0.1) is 0 Å². The van der Waals surface area contributed by atoms with Crippen LogP contribution in [0.5, 0.6) is 0 Å². The van der Waals surface area contributed by atoms with Gasteiger partial charge in [-0.1, -0.05) is 18.2 Å². The first-order valence-corrected chi connectivity index (χ1v) is 8.75. The largest absolute Gasteiger partial charge is 1.00 e. The molecule has 138 valence electrons. The molecular formula is C14H20N4NaO6S+. The van der Waals surface area contributed by atoms with Gasteiger partial charge < -0.3 is 12.9 Å². The van der Waals surface area contributed by atoms with Crippen LogP contribution >= 0.6 is 0 Å². The summed E-state index contributed by atoms with van der Waals surface area (Å²) in [5.74, 6) is -2.68. The van der Waals surface area contributed by atoms with Gasteiger partial charge in [-0.3, -0.25) is 9.35 Å². The number of hydrogen-bond donors (Lipinski definition) is 3. The third kappa shape index (κ3) is 3.62. The summed E-state index contributed by atoms with van der Waals surface area (Å²) < 4.78 is 30.5. The normalized spacial score (nSPS) is 20.4. The number of benzene rings is 1. The van der Waals surface area contributed by atoms with E-state index in [4.69, 9.17) is 16.0 Å². The van der Waals surface area contributed by atoms with E-state index in [-0.39, 0.29) is 41.0 Å². The molecule has 3 amide bonds. The molecule has 1 saturated heterocycles. The van der Waals surface area contributed by atoms with Gasteiger partial charge in [-0.05, 0) is 6.92 Å². The summed E-state index contributed by atoms with van der Waals surface area (Å²) in [6.45, 7) is 0.242. The van der Waals surface area contributed by atoms with Crippen LogP contribution in [0.2, 0.25) is 0 Å². The molecule has 2 rings (SSSR count). The summed E-state index contributed by atoms with van der Waals surface area (Å²) >= 11 is 0. The van der Waals surface area contributed by atoms with Gasteiger partial charge in [0.2, 0.25) is 6.04 Å². The van der Waals surface area contributed by atoms with E-state index in [1.54, 1.807) is 18.2 Å². The van der Waals surface area contributed by atoms with Gasteiger partial charge in [0, 0.05) is 12.1 Å². The van der Waals surface area contributed by atoms with Crippen LogP contribution in [0.3, 0.4) is 0 Å². The molecule has 1 aliphatic heterocycles. The Morgan fingerprint density at radius 1 is 1.38 bits per heavy atom. The number of nitrogens with zero attached hydrogens (tertiary/aromatic N) is 2. The molecule has 1 aromatic carbocycles. The Labute approximate surface area is 174 Å². The Bertz CT molecular complexity index is 822. The molecular weight excluding hydrogens is 375 g/mol. The van der Waals surface area contributed by atoms with Crippen molar-refractivity contribution in [2.45, 2.75) is 19.0 Å². The molecule has 0 aromatic heterocycles. The average Bonchev–Trinajstić information content (AvgIpc) is 2.55. The monoisotopic (exact) mass is 395 g/mol. The molecule has 0 bridgehead atoms. The molecule has 5 N–H and O–H groups in total. The number of nitrogens with two attached hydrogens (primary N) is 2. The molecule has 0 saturated carbocycles. The minimum atomic E-state index is -4.78. The van der Waals surface area contributed by atoms with Crippen LogP contribution in [0.25, 0.3) is 0 Å². The number of para-hydroxylation sites is 1. The first-order valence-electron chi connectivity index (χ1n) is 7.35. The van der Waals surface area contributed by atoms with Gasteiger partial charge in [-0.15, -0.1) is 0 Å². The molecule has 3 atom stereocenters. The number of β-lactam (4-membered cyclic amide) rings is 1. The minimum Gasteiger partial charge on any atom is -1.00 e. The fourth-order valence-corrected chi connectivity index (χ4v) is 3.58. The van der Waals surface area contributed by atoms with Crippen LogP contribution in [-0.2, 0) is 24.7 Å². The SMILES string of the molecule is C[C@@H](N)C(=O)[N+](C(=O)CN)(c1ccccc1)C1CN(S(=O)(=O)O)C1=O.[H-].[Na+]. The first kappa shape index (κ1) is 22.9. The number of carbonyl (C=O) groups excluding carboxylic acids is 3. The van der Waals surface area contributed by atoms with Gasteiger partial charge >= 0.3 is 51.7 Å². The van der Waals surface area contributed by atoms with Crippen LogP contribution in [0.15, 0.2) is 30.3 Å². The molecule has 1 aromatic rings. The van der Waals surface area contributed by atoms with Crippen molar-refractivity contribution in [1.82, 2.24) is 8.79 Å². The van der Waals surface area contributed by atoms with Crippen molar-refractivity contribution in [2.75, 3.05) is 13.1 Å². The quantitative estimate of drug-likeness (QED) is 0.194. The van der Waals surface area contributed by atoms with Crippen molar-refractivity contribution in [3.8, 4) is 0 Å².